The van der Waals surface area contributed by atoms with Crippen molar-refractivity contribution < 1.29 is 34.4 Å². The van der Waals surface area contributed by atoms with Gasteiger partial charge in [-0.25, -0.2) is 0 Å². The minimum atomic E-state index is -2.27. The summed E-state index contributed by atoms with van der Waals surface area (Å²) < 4.78 is 12.1. The first-order valence-corrected chi connectivity index (χ1v) is 20.3. The van der Waals surface area contributed by atoms with Crippen LogP contribution < -0.4 is 20.7 Å². The van der Waals surface area contributed by atoms with Crippen LogP contribution in [0.3, 0.4) is 0 Å². The minimum Gasteiger partial charge on any atom is -0.496 e. The zero-order valence-electron chi connectivity index (χ0n) is 32.7. The molecule has 4 fully saturated rings. The Morgan fingerprint density at radius 1 is 1.05 bits per heavy atom. The third-order valence-corrected chi connectivity index (χ3v) is 15.7. The van der Waals surface area contributed by atoms with E-state index in [4.69, 9.17) is 15.2 Å². The number of rotatable bonds is 6. The fourth-order valence-electron chi connectivity index (χ4n) is 13.5. The van der Waals surface area contributed by atoms with Crippen molar-refractivity contribution in [3.8, 4) is 5.75 Å². The SMILES string of the molecule is CC[C@]1(O)C[C@H]2CN(CCC3c4ccccc4NC3[C@H](C(=O)OC)[C@H]2c2cc3c(cc2OC)N(C)C2[C@]34CCN3CC=C[C@](CC)(C34)[C@@H](O)[C@]2(O)C(N)=O)C1. The van der Waals surface area contributed by atoms with Crippen LogP contribution in [0.25, 0.3) is 0 Å². The molecule has 296 valence electrons. The number of likely N-dealkylation sites (N-methyl/N-ethyl adjacent to an activating group) is 1. The second kappa shape index (κ2) is 12.7. The molecular formula is C43H57N5O7. The van der Waals surface area contributed by atoms with E-state index in [9.17, 15) is 24.9 Å². The van der Waals surface area contributed by atoms with E-state index in [1.807, 2.05) is 50.1 Å². The van der Waals surface area contributed by atoms with Crippen LogP contribution in [0.2, 0.25) is 0 Å². The third-order valence-electron chi connectivity index (χ3n) is 15.7. The number of hydrogen-bond acceptors (Lipinski definition) is 11. The van der Waals surface area contributed by atoms with Gasteiger partial charge in [0.1, 0.15) is 11.9 Å². The first-order valence-electron chi connectivity index (χ1n) is 20.3. The first-order chi connectivity index (χ1) is 26.3. The van der Waals surface area contributed by atoms with E-state index in [-0.39, 0.29) is 29.9 Å². The molecule has 2 aromatic carbocycles. The number of para-hydroxylation sites is 1. The quantitative estimate of drug-likeness (QED) is 0.218. The molecule has 9 rings (SSSR count). The molecule has 13 atom stereocenters. The van der Waals surface area contributed by atoms with E-state index >= 15 is 0 Å². The van der Waals surface area contributed by atoms with Crippen LogP contribution in [0.4, 0.5) is 11.4 Å². The molecule has 0 aromatic heterocycles. The van der Waals surface area contributed by atoms with Gasteiger partial charge in [-0.15, -0.1) is 0 Å². The summed E-state index contributed by atoms with van der Waals surface area (Å²) in [5.74, 6) is -1.87. The Morgan fingerprint density at radius 3 is 2.55 bits per heavy atom. The van der Waals surface area contributed by atoms with Gasteiger partial charge in [-0.3, -0.25) is 14.5 Å². The number of nitrogens with two attached hydrogens (primary N) is 1. The molecule has 5 unspecified atom stereocenters. The predicted octanol–water partition coefficient (Wildman–Crippen LogP) is 2.70. The number of aliphatic hydroxyl groups is 3. The lowest BCUT2D eigenvalue weighted by Crippen LogP contribution is -2.81. The zero-order chi connectivity index (χ0) is 38.8. The molecule has 2 bridgehead atoms. The predicted molar refractivity (Wildman–Crippen MR) is 208 cm³/mol. The molecule has 12 heteroatoms. The van der Waals surface area contributed by atoms with E-state index < -0.39 is 51.9 Å². The number of methoxy groups -OCH3 is 2. The Morgan fingerprint density at radius 2 is 1.84 bits per heavy atom. The second-order valence-electron chi connectivity index (χ2n) is 17.8. The van der Waals surface area contributed by atoms with Gasteiger partial charge in [0, 0.05) is 78.9 Å². The molecule has 3 saturated heterocycles. The molecule has 1 aliphatic carbocycles. The molecule has 1 amide bonds. The number of fused-ring (bicyclic) bond motifs is 6. The van der Waals surface area contributed by atoms with Gasteiger partial charge < -0.3 is 45.6 Å². The lowest BCUT2D eigenvalue weighted by molar-refractivity contribution is -0.201. The van der Waals surface area contributed by atoms with Crippen molar-refractivity contribution in [1.82, 2.24) is 9.80 Å². The molecule has 55 heavy (non-hydrogen) atoms. The lowest BCUT2D eigenvalue weighted by Gasteiger charge is -2.63. The Hall–Kier alpha value is -3.68. The normalized spacial score (nSPS) is 42.4. The van der Waals surface area contributed by atoms with Gasteiger partial charge in [-0.1, -0.05) is 44.2 Å². The van der Waals surface area contributed by atoms with Gasteiger partial charge in [0.2, 0.25) is 0 Å². The van der Waals surface area contributed by atoms with Crippen LogP contribution in [-0.2, 0) is 19.7 Å². The summed E-state index contributed by atoms with van der Waals surface area (Å²) in [5, 5.41) is 40.9. The van der Waals surface area contributed by atoms with Gasteiger partial charge in [0.25, 0.3) is 5.91 Å². The highest BCUT2D eigenvalue weighted by Crippen LogP contribution is 2.67. The van der Waals surface area contributed by atoms with Crippen molar-refractivity contribution in [3.05, 3.63) is 65.2 Å². The molecule has 7 aliphatic rings. The van der Waals surface area contributed by atoms with Crippen molar-refractivity contribution in [2.24, 2.45) is 23.0 Å². The van der Waals surface area contributed by atoms with Crippen molar-refractivity contribution in [2.75, 3.05) is 64.2 Å². The lowest BCUT2D eigenvalue weighted by atomic mass is 9.47. The highest BCUT2D eigenvalue weighted by molar-refractivity contribution is 5.89. The summed E-state index contributed by atoms with van der Waals surface area (Å²) >= 11 is 0. The van der Waals surface area contributed by atoms with Crippen LogP contribution >= 0.6 is 0 Å². The molecule has 6 aliphatic heterocycles. The summed E-state index contributed by atoms with van der Waals surface area (Å²) in [5.41, 5.74) is 6.04. The standard InChI is InChI=1S/C43H57N5O7/c1-6-40(52)21-24-22-47(23-40)17-13-26-25-11-8-9-12-29(25)45-34(26)33(35(49)55-5)32(24)27-19-28-30(20-31(27)54-4)46(3)37-42(28)15-18-48-16-10-14-41(7-2,36(42)48)38(50)43(37,53)39(44)51/h8-12,14,19-20,24,26,32-34,36-38,45,50,52-53H,6-7,13,15-18,21-23H2,1-5H3,(H2,44,51)/t24-,26?,32+,33+,34?,36?,37?,38+,40-,41+,42+,43-/m0/s1. The van der Waals surface area contributed by atoms with Crippen LogP contribution in [-0.4, -0.2) is 126 Å². The van der Waals surface area contributed by atoms with E-state index in [0.29, 0.717) is 57.6 Å². The number of ether oxygens (including phenoxy) is 2. The number of carbonyl (C=O) groups excluding carboxylic acids is 2. The number of nitrogens with zero attached hydrogens (tertiary/aromatic N) is 3. The molecular weight excluding hydrogens is 699 g/mol. The summed E-state index contributed by atoms with van der Waals surface area (Å²) in [6.07, 6.45) is 5.67. The van der Waals surface area contributed by atoms with Gasteiger partial charge in [-0.2, -0.15) is 0 Å². The van der Waals surface area contributed by atoms with Crippen molar-refractivity contribution >= 4 is 23.3 Å². The molecule has 0 radical (unpaired) electrons. The minimum absolute atomic E-state index is 0.0272. The van der Waals surface area contributed by atoms with Gasteiger partial charge in [0.05, 0.1) is 31.8 Å². The number of esters is 1. The first kappa shape index (κ1) is 36.9. The largest absolute Gasteiger partial charge is 0.496 e. The van der Waals surface area contributed by atoms with Gasteiger partial charge in [-0.05, 0) is 79.9 Å². The number of aliphatic hydroxyl groups excluding tert-OH is 1. The summed E-state index contributed by atoms with van der Waals surface area (Å²) in [4.78, 5) is 35.0. The number of carbonyl (C=O) groups is 2. The number of piperidine rings is 1. The maximum atomic E-state index is 14.6. The van der Waals surface area contributed by atoms with Crippen molar-refractivity contribution in [1.29, 1.82) is 0 Å². The number of benzene rings is 2. The van der Waals surface area contributed by atoms with E-state index in [1.165, 1.54) is 12.7 Å². The number of hydrogen-bond donors (Lipinski definition) is 5. The topological polar surface area (TPSA) is 161 Å². The van der Waals surface area contributed by atoms with Gasteiger partial charge in [0.15, 0.2) is 5.60 Å². The summed E-state index contributed by atoms with van der Waals surface area (Å²) in [6.45, 7) is 7.50. The molecule has 6 heterocycles. The Kier molecular flexibility index (Phi) is 8.50. The number of primary amides is 1. The summed E-state index contributed by atoms with van der Waals surface area (Å²) in [6, 6.07) is 11.2. The maximum Gasteiger partial charge on any atom is 0.311 e. The van der Waals surface area contributed by atoms with E-state index in [2.05, 4.69) is 39.4 Å². The molecule has 6 N–H and O–H groups in total. The monoisotopic (exact) mass is 755 g/mol. The number of anilines is 2. The highest BCUT2D eigenvalue weighted by atomic mass is 16.5. The smallest absolute Gasteiger partial charge is 0.311 e. The molecule has 2 aromatic rings. The Balaban J connectivity index is 1.30. The average molecular weight is 756 g/mol. The average Bonchev–Trinajstić information content (AvgIpc) is 3.84. The van der Waals surface area contributed by atoms with Crippen molar-refractivity contribution in [3.63, 3.8) is 0 Å². The number of amides is 1. The maximum absolute atomic E-state index is 14.6. The highest BCUT2D eigenvalue weighted by Gasteiger charge is 2.78. The van der Waals surface area contributed by atoms with Crippen LogP contribution in [0.15, 0.2) is 48.6 Å². The van der Waals surface area contributed by atoms with Crippen LogP contribution in [0, 0.1) is 17.3 Å². The molecule has 1 spiro atoms. The Bertz CT molecular complexity index is 1940. The summed E-state index contributed by atoms with van der Waals surface area (Å²) in [7, 11) is 4.98. The zero-order valence-corrected chi connectivity index (χ0v) is 32.7. The third kappa shape index (κ3) is 4.75. The van der Waals surface area contributed by atoms with Crippen molar-refractivity contribution in [2.45, 2.75) is 98.6 Å². The second-order valence-corrected chi connectivity index (χ2v) is 17.8. The van der Waals surface area contributed by atoms with E-state index in [1.54, 1.807) is 7.11 Å². The number of nitrogens with one attached hydrogen (secondary N) is 1. The molecule has 1 saturated carbocycles. The fourth-order valence-corrected chi connectivity index (χ4v) is 13.5. The molecule has 12 nitrogen and oxygen atoms in total. The van der Waals surface area contributed by atoms with Crippen LogP contribution in [0.5, 0.6) is 5.75 Å². The van der Waals surface area contributed by atoms with E-state index in [0.717, 1.165) is 35.5 Å². The van der Waals surface area contributed by atoms with Gasteiger partial charge >= 0.3 is 5.97 Å². The Labute approximate surface area is 323 Å². The van der Waals surface area contributed by atoms with Crippen LogP contribution in [0.1, 0.15) is 74.5 Å². The fraction of sp³-hybridized carbons (Fsp3) is 0.628.